The highest BCUT2D eigenvalue weighted by Crippen LogP contribution is 1.92. The molecule has 1 atom stereocenters. The van der Waals surface area contributed by atoms with Crippen molar-refractivity contribution in [3.8, 4) is 0 Å². The monoisotopic (exact) mass is 238 g/mol. The number of carboxylic acids is 1. The van der Waals surface area contributed by atoms with Crippen LogP contribution in [0.25, 0.3) is 0 Å². The van der Waals surface area contributed by atoms with E-state index in [4.69, 9.17) is 5.11 Å². The Kier molecular flexibility index (Phi) is 4.86. The molecule has 0 unspecified atom stereocenters. The number of hydrogen-bond acceptors (Lipinski definition) is 4. The van der Waals surface area contributed by atoms with Gasteiger partial charge in [-0.3, -0.25) is 0 Å². The van der Waals surface area contributed by atoms with E-state index in [1.54, 1.807) is 19.2 Å². The second-order valence-electron chi connectivity index (χ2n) is 3.33. The fraction of sp³-hybridized carbons (Fsp3) is 0.400. The molecule has 1 aromatic rings. The van der Waals surface area contributed by atoms with Crippen molar-refractivity contribution < 1.29 is 14.7 Å². The SMILES string of the molecule is CC[C@@H](NC(=O)NCc1ccncn1)C(=O)O. The minimum absolute atomic E-state index is 0.227. The average molecular weight is 238 g/mol. The lowest BCUT2D eigenvalue weighted by Crippen LogP contribution is -2.45. The van der Waals surface area contributed by atoms with Crippen molar-refractivity contribution in [1.29, 1.82) is 0 Å². The summed E-state index contributed by atoms with van der Waals surface area (Å²) in [7, 11) is 0. The first kappa shape index (κ1) is 12.9. The summed E-state index contributed by atoms with van der Waals surface area (Å²) in [6, 6.07) is 0.257. The summed E-state index contributed by atoms with van der Waals surface area (Å²) in [4.78, 5) is 29.7. The Morgan fingerprint density at radius 2 is 2.29 bits per heavy atom. The highest BCUT2D eigenvalue weighted by molar-refractivity contribution is 5.82. The number of aliphatic carboxylic acids is 1. The van der Waals surface area contributed by atoms with Crippen molar-refractivity contribution in [3.63, 3.8) is 0 Å². The summed E-state index contributed by atoms with van der Waals surface area (Å²) < 4.78 is 0. The topological polar surface area (TPSA) is 104 Å². The summed E-state index contributed by atoms with van der Waals surface area (Å²) in [5, 5.41) is 13.6. The van der Waals surface area contributed by atoms with E-state index in [-0.39, 0.29) is 6.54 Å². The third-order valence-corrected chi connectivity index (χ3v) is 2.08. The van der Waals surface area contributed by atoms with Crippen molar-refractivity contribution >= 4 is 12.0 Å². The average Bonchev–Trinajstić information content (AvgIpc) is 2.34. The molecule has 0 bridgehead atoms. The van der Waals surface area contributed by atoms with Crippen molar-refractivity contribution in [2.24, 2.45) is 0 Å². The summed E-state index contributed by atoms with van der Waals surface area (Å²) in [6.07, 6.45) is 3.27. The zero-order chi connectivity index (χ0) is 12.7. The molecule has 0 saturated heterocycles. The summed E-state index contributed by atoms with van der Waals surface area (Å²) in [5.74, 6) is -1.05. The molecular formula is C10H14N4O3. The van der Waals surface area contributed by atoms with Crippen LogP contribution in [-0.2, 0) is 11.3 Å². The lowest BCUT2D eigenvalue weighted by atomic mass is 10.2. The highest BCUT2D eigenvalue weighted by atomic mass is 16.4. The molecule has 0 aliphatic rings. The van der Waals surface area contributed by atoms with Gasteiger partial charge in [0.05, 0.1) is 12.2 Å². The first-order valence-corrected chi connectivity index (χ1v) is 5.15. The second-order valence-corrected chi connectivity index (χ2v) is 3.33. The van der Waals surface area contributed by atoms with Gasteiger partial charge in [-0.2, -0.15) is 0 Å². The molecule has 0 fully saturated rings. The van der Waals surface area contributed by atoms with Crippen LogP contribution >= 0.6 is 0 Å². The van der Waals surface area contributed by atoms with Gasteiger partial charge in [-0.25, -0.2) is 19.6 Å². The summed E-state index contributed by atoms with van der Waals surface area (Å²) in [6.45, 7) is 1.91. The zero-order valence-corrected chi connectivity index (χ0v) is 9.38. The van der Waals surface area contributed by atoms with E-state index < -0.39 is 18.0 Å². The Balaban J connectivity index is 2.37. The third kappa shape index (κ3) is 4.45. The van der Waals surface area contributed by atoms with Crippen LogP contribution in [0, 0.1) is 0 Å². The van der Waals surface area contributed by atoms with Crippen LogP contribution in [0.1, 0.15) is 19.0 Å². The number of carbonyl (C=O) groups excluding carboxylic acids is 1. The lowest BCUT2D eigenvalue weighted by molar-refractivity contribution is -0.139. The molecule has 0 radical (unpaired) electrons. The zero-order valence-electron chi connectivity index (χ0n) is 9.38. The molecule has 7 heteroatoms. The third-order valence-electron chi connectivity index (χ3n) is 2.08. The molecule has 0 spiro atoms. The Hall–Kier alpha value is -2.18. The van der Waals surface area contributed by atoms with Gasteiger partial charge in [0.15, 0.2) is 0 Å². The second kappa shape index (κ2) is 6.41. The van der Waals surface area contributed by atoms with Crippen LogP contribution in [0.2, 0.25) is 0 Å². The van der Waals surface area contributed by atoms with Gasteiger partial charge in [-0.15, -0.1) is 0 Å². The normalized spacial score (nSPS) is 11.6. The predicted octanol–water partition coefficient (Wildman–Crippen LogP) is 0.139. The molecule has 2 amide bonds. The number of carboxylic acid groups (broad SMARTS) is 1. The van der Waals surface area contributed by atoms with E-state index in [9.17, 15) is 9.59 Å². The summed E-state index contributed by atoms with van der Waals surface area (Å²) >= 11 is 0. The number of rotatable bonds is 5. The van der Waals surface area contributed by atoms with Gasteiger partial charge in [-0.05, 0) is 12.5 Å². The Labute approximate surface area is 98.3 Å². The molecule has 17 heavy (non-hydrogen) atoms. The fourth-order valence-electron chi connectivity index (χ4n) is 1.14. The van der Waals surface area contributed by atoms with Crippen molar-refractivity contribution in [1.82, 2.24) is 20.6 Å². The number of nitrogens with zero attached hydrogens (tertiary/aromatic N) is 2. The molecular weight excluding hydrogens is 224 g/mol. The molecule has 0 saturated carbocycles. The molecule has 3 N–H and O–H groups in total. The number of aromatic nitrogens is 2. The quantitative estimate of drug-likeness (QED) is 0.676. The maximum absolute atomic E-state index is 11.4. The van der Waals surface area contributed by atoms with Crippen LogP contribution in [-0.4, -0.2) is 33.1 Å². The fourth-order valence-corrected chi connectivity index (χ4v) is 1.14. The van der Waals surface area contributed by atoms with Crippen LogP contribution in [0.5, 0.6) is 0 Å². The van der Waals surface area contributed by atoms with Crippen LogP contribution in [0.4, 0.5) is 4.79 Å². The van der Waals surface area contributed by atoms with Gasteiger partial charge in [0, 0.05) is 6.20 Å². The van der Waals surface area contributed by atoms with Gasteiger partial charge in [0.25, 0.3) is 0 Å². The maximum Gasteiger partial charge on any atom is 0.326 e. The van der Waals surface area contributed by atoms with E-state index in [0.717, 1.165) is 0 Å². The van der Waals surface area contributed by atoms with Crippen molar-refractivity contribution in [3.05, 3.63) is 24.3 Å². The standard InChI is InChI=1S/C10H14N4O3/c1-2-8(9(15)16)14-10(17)12-5-7-3-4-11-6-13-7/h3-4,6,8H,2,5H2,1H3,(H,15,16)(H2,12,14,17)/t8-/m1/s1. The molecule has 0 aliphatic heterocycles. The van der Waals surface area contributed by atoms with Gasteiger partial charge in [-0.1, -0.05) is 6.92 Å². The minimum atomic E-state index is -1.05. The molecule has 0 aromatic carbocycles. The van der Waals surface area contributed by atoms with Gasteiger partial charge in [0.2, 0.25) is 0 Å². The van der Waals surface area contributed by atoms with E-state index in [0.29, 0.717) is 12.1 Å². The first-order chi connectivity index (χ1) is 8.13. The Morgan fingerprint density at radius 3 is 2.82 bits per heavy atom. The van der Waals surface area contributed by atoms with E-state index in [1.807, 2.05) is 0 Å². The number of amides is 2. The Morgan fingerprint density at radius 1 is 1.53 bits per heavy atom. The van der Waals surface area contributed by atoms with E-state index in [1.165, 1.54) is 6.33 Å². The number of carbonyl (C=O) groups is 2. The smallest absolute Gasteiger partial charge is 0.326 e. The predicted molar refractivity (Wildman–Crippen MR) is 59.1 cm³/mol. The highest BCUT2D eigenvalue weighted by Gasteiger charge is 2.16. The number of urea groups is 1. The molecule has 7 nitrogen and oxygen atoms in total. The van der Waals surface area contributed by atoms with E-state index in [2.05, 4.69) is 20.6 Å². The largest absolute Gasteiger partial charge is 0.480 e. The molecule has 1 heterocycles. The molecule has 0 aliphatic carbocycles. The van der Waals surface area contributed by atoms with E-state index >= 15 is 0 Å². The number of nitrogens with one attached hydrogen (secondary N) is 2. The van der Waals surface area contributed by atoms with Crippen LogP contribution in [0.3, 0.4) is 0 Å². The van der Waals surface area contributed by atoms with Gasteiger partial charge in [0.1, 0.15) is 12.4 Å². The Bertz CT molecular complexity index is 382. The maximum atomic E-state index is 11.4. The van der Waals surface area contributed by atoms with Gasteiger partial charge >= 0.3 is 12.0 Å². The molecule has 92 valence electrons. The summed E-state index contributed by atoms with van der Waals surface area (Å²) in [5.41, 5.74) is 0.651. The number of hydrogen-bond donors (Lipinski definition) is 3. The van der Waals surface area contributed by atoms with Crippen molar-refractivity contribution in [2.75, 3.05) is 0 Å². The first-order valence-electron chi connectivity index (χ1n) is 5.15. The lowest BCUT2D eigenvalue weighted by Gasteiger charge is -2.12. The van der Waals surface area contributed by atoms with Crippen molar-refractivity contribution in [2.45, 2.75) is 25.9 Å². The minimum Gasteiger partial charge on any atom is -0.480 e. The van der Waals surface area contributed by atoms with Crippen LogP contribution in [0.15, 0.2) is 18.6 Å². The van der Waals surface area contributed by atoms with Crippen LogP contribution < -0.4 is 10.6 Å². The molecule has 1 rings (SSSR count). The van der Waals surface area contributed by atoms with Gasteiger partial charge < -0.3 is 15.7 Å². The molecule has 1 aromatic heterocycles.